The standard InChI is InChI=1S/C14H18N2O3/c1-4-19-12-7-5-11(6-8-12)16-10(3)13(17)15-9(2)14(16)18/h5-10H,4H2,1-3H3,(H,15,17). The van der Waals surface area contributed by atoms with Crippen LogP contribution in [-0.2, 0) is 9.59 Å². The molecule has 0 aromatic heterocycles. The van der Waals surface area contributed by atoms with Gasteiger partial charge in [-0.15, -0.1) is 0 Å². The van der Waals surface area contributed by atoms with Gasteiger partial charge in [-0.3, -0.25) is 14.5 Å². The van der Waals surface area contributed by atoms with Crippen LogP contribution in [0.2, 0.25) is 0 Å². The van der Waals surface area contributed by atoms with E-state index in [1.165, 1.54) is 4.90 Å². The van der Waals surface area contributed by atoms with Crippen molar-refractivity contribution < 1.29 is 14.3 Å². The van der Waals surface area contributed by atoms with E-state index in [4.69, 9.17) is 4.74 Å². The van der Waals surface area contributed by atoms with E-state index in [-0.39, 0.29) is 11.8 Å². The second-order valence-electron chi connectivity index (χ2n) is 4.54. The third-order valence-electron chi connectivity index (χ3n) is 3.16. The normalized spacial score (nSPS) is 23.2. The van der Waals surface area contributed by atoms with E-state index in [2.05, 4.69) is 5.32 Å². The molecular formula is C14H18N2O3. The number of amides is 2. The Morgan fingerprint density at radius 2 is 1.84 bits per heavy atom. The molecule has 0 radical (unpaired) electrons. The summed E-state index contributed by atoms with van der Waals surface area (Å²) in [5, 5.41) is 2.66. The zero-order valence-corrected chi connectivity index (χ0v) is 11.3. The van der Waals surface area contributed by atoms with Gasteiger partial charge in [0.15, 0.2) is 0 Å². The van der Waals surface area contributed by atoms with Crippen molar-refractivity contribution in [2.75, 3.05) is 11.5 Å². The van der Waals surface area contributed by atoms with Gasteiger partial charge in [0.05, 0.1) is 6.61 Å². The summed E-state index contributed by atoms with van der Waals surface area (Å²) in [5.74, 6) is 0.512. The van der Waals surface area contributed by atoms with Crippen molar-refractivity contribution in [3.63, 3.8) is 0 Å². The van der Waals surface area contributed by atoms with Crippen molar-refractivity contribution in [3.8, 4) is 5.75 Å². The van der Waals surface area contributed by atoms with Crippen molar-refractivity contribution in [2.45, 2.75) is 32.9 Å². The summed E-state index contributed by atoms with van der Waals surface area (Å²) in [6.07, 6.45) is 0. The second kappa shape index (κ2) is 5.30. The lowest BCUT2D eigenvalue weighted by atomic mass is 10.1. The van der Waals surface area contributed by atoms with E-state index in [0.29, 0.717) is 12.3 Å². The minimum atomic E-state index is -0.498. The number of hydrogen-bond donors (Lipinski definition) is 1. The molecule has 2 atom stereocenters. The first-order chi connectivity index (χ1) is 9.04. The average Bonchev–Trinajstić information content (AvgIpc) is 2.39. The highest BCUT2D eigenvalue weighted by atomic mass is 16.5. The maximum atomic E-state index is 12.2. The molecule has 2 rings (SSSR count). The molecule has 0 spiro atoms. The Morgan fingerprint density at radius 1 is 1.21 bits per heavy atom. The highest BCUT2D eigenvalue weighted by molar-refractivity contribution is 6.07. The fraction of sp³-hybridized carbons (Fsp3) is 0.429. The van der Waals surface area contributed by atoms with E-state index >= 15 is 0 Å². The Morgan fingerprint density at radius 3 is 2.42 bits per heavy atom. The van der Waals surface area contributed by atoms with E-state index in [1.807, 2.05) is 6.92 Å². The topological polar surface area (TPSA) is 58.6 Å². The average molecular weight is 262 g/mol. The first kappa shape index (κ1) is 13.4. The number of carbonyl (C=O) groups is 2. The van der Waals surface area contributed by atoms with E-state index in [9.17, 15) is 9.59 Å². The molecule has 0 aliphatic carbocycles. The second-order valence-corrected chi connectivity index (χ2v) is 4.54. The van der Waals surface area contributed by atoms with Crippen molar-refractivity contribution in [3.05, 3.63) is 24.3 Å². The molecule has 102 valence electrons. The van der Waals surface area contributed by atoms with Crippen LogP contribution in [-0.4, -0.2) is 30.5 Å². The number of anilines is 1. The van der Waals surface area contributed by atoms with Crippen LogP contribution < -0.4 is 15.0 Å². The van der Waals surface area contributed by atoms with Crippen molar-refractivity contribution in [1.82, 2.24) is 5.32 Å². The molecule has 2 amide bonds. The Kier molecular flexibility index (Phi) is 3.74. The molecule has 5 nitrogen and oxygen atoms in total. The Bertz CT molecular complexity index is 484. The van der Waals surface area contributed by atoms with Crippen LogP contribution in [0, 0.1) is 0 Å². The molecule has 19 heavy (non-hydrogen) atoms. The van der Waals surface area contributed by atoms with Gasteiger partial charge in [-0.2, -0.15) is 0 Å². The number of nitrogens with zero attached hydrogens (tertiary/aromatic N) is 1. The van der Waals surface area contributed by atoms with Gasteiger partial charge >= 0.3 is 0 Å². The maximum Gasteiger partial charge on any atom is 0.250 e. The lowest BCUT2D eigenvalue weighted by Gasteiger charge is -2.36. The number of carbonyl (C=O) groups excluding carboxylic acids is 2. The molecule has 5 heteroatoms. The van der Waals surface area contributed by atoms with Gasteiger partial charge in [-0.1, -0.05) is 0 Å². The summed E-state index contributed by atoms with van der Waals surface area (Å²) in [6, 6.07) is 6.21. The number of rotatable bonds is 3. The van der Waals surface area contributed by atoms with Crippen molar-refractivity contribution in [1.29, 1.82) is 0 Å². The molecule has 1 saturated heterocycles. The summed E-state index contributed by atoms with van der Waals surface area (Å²) in [4.78, 5) is 25.5. The van der Waals surface area contributed by atoms with Gasteiger partial charge < -0.3 is 10.1 Å². The van der Waals surface area contributed by atoms with Gasteiger partial charge in [0, 0.05) is 5.69 Å². The highest BCUT2D eigenvalue weighted by Crippen LogP contribution is 2.24. The van der Waals surface area contributed by atoms with Crippen LogP contribution in [0.1, 0.15) is 20.8 Å². The largest absolute Gasteiger partial charge is 0.494 e. The minimum Gasteiger partial charge on any atom is -0.494 e. The molecule has 1 N–H and O–H groups in total. The van der Waals surface area contributed by atoms with Crippen LogP contribution in [0.25, 0.3) is 0 Å². The number of hydrogen-bond acceptors (Lipinski definition) is 3. The summed E-state index contributed by atoms with van der Waals surface area (Å²) < 4.78 is 5.36. The Hall–Kier alpha value is -2.04. The van der Waals surface area contributed by atoms with Crippen molar-refractivity contribution >= 4 is 17.5 Å². The van der Waals surface area contributed by atoms with Crippen LogP contribution in [0.15, 0.2) is 24.3 Å². The van der Waals surface area contributed by atoms with E-state index in [0.717, 1.165) is 5.75 Å². The minimum absolute atomic E-state index is 0.101. The van der Waals surface area contributed by atoms with Crippen LogP contribution in [0.5, 0.6) is 5.75 Å². The Labute approximate surface area is 112 Å². The fourth-order valence-corrected chi connectivity index (χ4v) is 2.13. The smallest absolute Gasteiger partial charge is 0.250 e. The summed E-state index contributed by atoms with van der Waals surface area (Å²) in [5.41, 5.74) is 0.711. The van der Waals surface area contributed by atoms with Crippen LogP contribution in [0.4, 0.5) is 5.69 Å². The molecule has 0 bridgehead atoms. The molecule has 1 aliphatic rings. The SMILES string of the molecule is CCOc1ccc(N2C(=O)C(C)NC(=O)C2C)cc1. The highest BCUT2D eigenvalue weighted by Gasteiger charge is 2.36. The zero-order chi connectivity index (χ0) is 14.0. The van der Waals surface area contributed by atoms with Gasteiger partial charge in [-0.25, -0.2) is 0 Å². The van der Waals surface area contributed by atoms with Gasteiger partial charge in [0.2, 0.25) is 11.8 Å². The monoisotopic (exact) mass is 262 g/mol. The van der Waals surface area contributed by atoms with Crippen LogP contribution >= 0.6 is 0 Å². The molecule has 1 fully saturated rings. The number of piperazine rings is 1. The molecular weight excluding hydrogens is 244 g/mol. The first-order valence-electron chi connectivity index (χ1n) is 6.41. The molecule has 1 aliphatic heterocycles. The number of benzene rings is 1. The molecule has 1 heterocycles. The quantitative estimate of drug-likeness (QED) is 0.894. The number of ether oxygens (including phenoxy) is 1. The molecule has 2 unspecified atom stereocenters. The van der Waals surface area contributed by atoms with Crippen molar-refractivity contribution in [2.24, 2.45) is 0 Å². The van der Waals surface area contributed by atoms with E-state index in [1.54, 1.807) is 38.1 Å². The lowest BCUT2D eigenvalue weighted by molar-refractivity contribution is -0.133. The summed E-state index contributed by atoms with van der Waals surface area (Å²) in [7, 11) is 0. The predicted molar refractivity (Wildman–Crippen MR) is 72.2 cm³/mol. The van der Waals surface area contributed by atoms with Gasteiger partial charge in [0.1, 0.15) is 17.8 Å². The molecule has 1 aromatic rings. The fourth-order valence-electron chi connectivity index (χ4n) is 2.13. The van der Waals surface area contributed by atoms with Gasteiger partial charge in [0.25, 0.3) is 0 Å². The third-order valence-corrected chi connectivity index (χ3v) is 3.16. The Balaban J connectivity index is 2.27. The van der Waals surface area contributed by atoms with E-state index < -0.39 is 12.1 Å². The number of nitrogens with one attached hydrogen (secondary N) is 1. The lowest BCUT2D eigenvalue weighted by Crippen LogP contribution is -2.61. The predicted octanol–water partition coefficient (Wildman–Crippen LogP) is 1.33. The van der Waals surface area contributed by atoms with Crippen LogP contribution in [0.3, 0.4) is 0 Å². The third kappa shape index (κ3) is 2.54. The summed E-state index contributed by atoms with van der Waals surface area (Å²) in [6.45, 7) is 5.91. The van der Waals surface area contributed by atoms with Gasteiger partial charge in [-0.05, 0) is 45.0 Å². The maximum absolute atomic E-state index is 12.2. The summed E-state index contributed by atoms with van der Waals surface area (Å²) >= 11 is 0. The zero-order valence-electron chi connectivity index (χ0n) is 11.3. The molecule has 1 aromatic carbocycles. The molecule has 0 saturated carbocycles. The first-order valence-corrected chi connectivity index (χ1v) is 6.41.